The van der Waals surface area contributed by atoms with Crippen LogP contribution in [0.2, 0.25) is 0 Å². The van der Waals surface area contributed by atoms with Gasteiger partial charge in [0, 0.05) is 12.6 Å². The molecule has 1 rings (SSSR count). The number of hydrogen-bond donors (Lipinski definition) is 1. The van der Waals surface area contributed by atoms with Crippen LogP contribution in [0.25, 0.3) is 0 Å². The lowest BCUT2D eigenvalue weighted by Gasteiger charge is -2.02. The first-order chi connectivity index (χ1) is 6.61. The Labute approximate surface area is 80.9 Å². The SMILES string of the molecule is CCNC(=O)Cc1cc(F)cc(F)c1. The van der Waals surface area contributed by atoms with Crippen LogP contribution < -0.4 is 5.32 Å². The molecule has 0 fully saturated rings. The summed E-state index contributed by atoms with van der Waals surface area (Å²) in [5, 5.41) is 2.55. The molecule has 2 nitrogen and oxygen atoms in total. The minimum atomic E-state index is -0.663. The molecule has 0 unspecified atom stereocenters. The van der Waals surface area contributed by atoms with Crippen molar-refractivity contribution in [3.05, 3.63) is 35.4 Å². The topological polar surface area (TPSA) is 29.1 Å². The summed E-state index contributed by atoms with van der Waals surface area (Å²) in [5.41, 5.74) is 0.341. The van der Waals surface area contributed by atoms with Gasteiger partial charge in [0.05, 0.1) is 6.42 Å². The molecule has 1 aromatic rings. The van der Waals surface area contributed by atoms with Gasteiger partial charge in [-0.05, 0) is 24.6 Å². The number of nitrogens with one attached hydrogen (secondary N) is 1. The van der Waals surface area contributed by atoms with Crippen LogP contribution in [0.5, 0.6) is 0 Å². The third-order valence-corrected chi connectivity index (χ3v) is 1.66. The Bertz CT molecular complexity index is 319. The van der Waals surface area contributed by atoms with Crippen LogP contribution in [0.3, 0.4) is 0 Å². The van der Waals surface area contributed by atoms with Crippen molar-refractivity contribution in [2.45, 2.75) is 13.3 Å². The quantitative estimate of drug-likeness (QED) is 0.787. The van der Waals surface area contributed by atoms with Crippen molar-refractivity contribution >= 4 is 5.91 Å². The zero-order valence-corrected chi connectivity index (χ0v) is 7.81. The molecule has 4 heteroatoms. The molecular formula is C10H11F2NO. The molecule has 76 valence electrons. The Morgan fingerprint density at radius 1 is 1.29 bits per heavy atom. The van der Waals surface area contributed by atoms with Gasteiger partial charge >= 0.3 is 0 Å². The van der Waals surface area contributed by atoms with Gasteiger partial charge in [0.15, 0.2) is 0 Å². The highest BCUT2D eigenvalue weighted by atomic mass is 19.1. The molecule has 1 amide bonds. The Morgan fingerprint density at radius 3 is 2.36 bits per heavy atom. The van der Waals surface area contributed by atoms with Crippen LogP contribution in [0.4, 0.5) is 8.78 Å². The maximum Gasteiger partial charge on any atom is 0.224 e. The van der Waals surface area contributed by atoms with Crippen LogP contribution in [0.15, 0.2) is 18.2 Å². The van der Waals surface area contributed by atoms with E-state index in [0.29, 0.717) is 12.1 Å². The first-order valence-electron chi connectivity index (χ1n) is 4.33. The molecule has 0 aliphatic rings. The number of amides is 1. The summed E-state index contributed by atoms with van der Waals surface area (Å²) >= 11 is 0. The number of benzene rings is 1. The number of likely N-dealkylation sites (N-methyl/N-ethyl adjacent to an activating group) is 1. The smallest absolute Gasteiger partial charge is 0.224 e. The largest absolute Gasteiger partial charge is 0.356 e. The average Bonchev–Trinajstić information content (AvgIpc) is 2.01. The molecule has 0 aromatic heterocycles. The Morgan fingerprint density at radius 2 is 1.86 bits per heavy atom. The standard InChI is InChI=1S/C10H11F2NO/c1-2-13-10(14)5-7-3-8(11)6-9(12)4-7/h3-4,6H,2,5H2,1H3,(H,13,14). The predicted molar refractivity (Wildman–Crippen MR) is 48.7 cm³/mol. The monoisotopic (exact) mass is 199 g/mol. The summed E-state index contributed by atoms with van der Waals surface area (Å²) in [6, 6.07) is 3.08. The third-order valence-electron chi connectivity index (χ3n) is 1.66. The fourth-order valence-corrected chi connectivity index (χ4v) is 1.16. The normalized spacial score (nSPS) is 9.93. The number of carbonyl (C=O) groups excluding carboxylic acids is 1. The number of hydrogen-bond acceptors (Lipinski definition) is 1. The zero-order chi connectivity index (χ0) is 10.6. The van der Waals surface area contributed by atoms with Crippen molar-refractivity contribution in [1.82, 2.24) is 5.32 Å². The van der Waals surface area contributed by atoms with Crippen LogP contribution in [0, 0.1) is 11.6 Å². The molecule has 0 saturated heterocycles. The zero-order valence-electron chi connectivity index (χ0n) is 7.81. The molecule has 0 aliphatic heterocycles. The minimum absolute atomic E-state index is 0.00250. The molecule has 0 bridgehead atoms. The van der Waals surface area contributed by atoms with E-state index in [0.717, 1.165) is 18.2 Å². The van der Waals surface area contributed by atoms with Crippen molar-refractivity contribution in [3.63, 3.8) is 0 Å². The van der Waals surface area contributed by atoms with Crippen LogP contribution >= 0.6 is 0 Å². The minimum Gasteiger partial charge on any atom is -0.356 e. The third kappa shape index (κ3) is 3.12. The van der Waals surface area contributed by atoms with Gasteiger partial charge in [-0.15, -0.1) is 0 Å². The van der Waals surface area contributed by atoms with Crippen LogP contribution in [0.1, 0.15) is 12.5 Å². The lowest BCUT2D eigenvalue weighted by atomic mass is 10.1. The van der Waals surface area contributed by atoms with E-state index in [4.69, 9.17) is 0 Å². The van der Waals surface area contributed by atoms with Gasteiger partial charge < -0.3 is 5.32 Å². The second-order valence-electron chi connectivity index (χ2n) is 2.91. The molecular weight excluding hydrogens is 188 g/mol. The molecule has 0 atom stereocenters. The van der Waals surface area contributed by atoms with Gasteiger partial charge in [0.25, 0.3) is 0 Å². The molecule has 1 aromatic carbocycles. The highest BCUT2D eigenvalue weighted by Crippen LogP contribution is 2.08. The molecule has 0 radical (unpaired) electrons. The van der Waals surface area contributed by atoms with Gasteiger partial charge in [-0.1, -0.05) is 0 Å². The summed E-state index contributed by atoms with van der Waals surface area (Å²) in [6.07, 6.45) is 0.00250. The van der Waals surface area contributed by atoms with Crippen LogP contribution in [-0.2, 0) is 11.2 Å². The van der Waals surface area contributed by atoms with E-state index >= 15 is 0 Å². The average molecular weight is 199 g/mol. The van der Waals surface area contributed by atoms with E-state index in [1.54, 1.807) is 6.92 Å². The predicted octanol–water partition coefficient (Wildman–Crippen LogP) is 1.64. The van der Waals surface area contributed by atoms with E-state index in [-0.39, 0.29) is 12.3 Å². The lowest BCUT2D eigenvalue weighted by molar-refractivity contribution is -0.120. The van der Waals surface area contributed by atoms with Gasteiger partial charge in [-0.3, -0.25) is 4.79 Å². The molecule has 0 saturated carbocycles. The Hall–Kier alpha value is -1.45. The van der Waals surface area contributed by atoms with Crippen molar-refractivity contribution in [3.8, 4) is 0 Å². The summed E-state index contributed by atoms with van der Waals surface area (Å²) in [4.78, 5) is 11.1. The number of rotatable bonds is 3. The molecule has 1 N–H and O–H groups in total. The molecule has 0 aliphatic carbocycles. The van der Waals surface area contributed by atoms with E-state index in [2.05, 4.69) is 5.32 Å². The summed E-state index contributed by atoms with van der Waals surface area (Å²) in [7, 11) is 0. The fourth-order valence-electron chi connectivity index (χ4n) is 1.16. The fraction of sp³-hybridized carbons (Fsp3) is 0.300. The lowest BCUT2D eigenvalue weighted by Crippen LogP contribution is -2.24. The maximum atomic E-state index is 12.7. The molecule has 14 heavy (non-hydrogen) atoms. The summed E-state index contributed by atoms with van der Waals surface area (Å²) in [5.74, 6) is -1.56. The summed E-state index contributed by atoms with van der Waals surface area (Å²) < 4.78 is 25.4. The van der Waals surface area contributed by atoms with Gasteiger partial charge in [-0.2, -0.15) is 0 Å². The van der Waals surface area contributed by atoms with E-state index < -0.39 is 11.6 Å². The van der Waals surface area contributed by atoms with E-state index in [1.807, 2.05) is 0 Å². The van der Waals surface area contributed by atoms with Crippen molar-refractivity contribution < 1.29 is 13.6 Å². The summed E-state index contributed by atoms with van der Waals surface area (Å²) in [6.45, 7) is 2.29. The van der Waals surface area contributed by atoms with Crippen molar-refractivity contribution in [1.29, 1.82) is 0 Å². The first kappa shape index (κ1) is 10.6. The second kappa shape index (κ2) is 4.69. The highest BCUT2D eigenvalue weighted by Gasteiger charge is 2.05. The van der Waals surface area contributed by atoms with Crippen LogP contribution in [-0.4, -0.2) is 12.5 Å². The van der Waals surface area contributed by atoms with Gasteiger partial charge in [0.1, 0.15) is 11.6 Å². The first-order valence-corrected chi connectivity index (χ1v) is 4.33. The second-order valence-corrected chi connectivity index (χ2v) is 2.91. The molecule has 0 spiro atoms. The van der Waals surface area contributed by atoms with Gasteiger partial charge in [-0.25, -0.2) is 8.78 Å². The maximum absolute atomic E-state index is 12.7. The highest BCUT2D eigenvalue weighted by molar-refractivity contribution is 5.78. The number of carbonyl (C=O) groups is 1. The van der Waals surface area contributed by atoms with Crippen molar-refractivity contribution in [2.75, 3.05) is 6.54 Å². The Balaban J connectivity index is 2.71. The van der Waals surface area contributed by atoms with E-state index in [1.165, 1.54) is 0 Å². The van der Waals surface area contributed by atoms with Gasteiger partial charge in [0.2, 0.25) is 5.91 Å². The van der Waals surface area contributed by atoms with Crippen molar-refractivity contribution in [2.24, 2.45) is 0 Å². The Kier molecular flexibility index (Phi) is 3.56. The number of halogens is 2. The van der Waals surface area contributed by atoms with E-state index in [9.17, 15) is 13.6 Å². The molecule has 0 heterocycles.